The number of hydrogen-bond donors (Lipinski definition) is 1. The molecule has 2 nitrogen and oxygen atoms in total. The van der Waals surface area contributed by atoms with E-state index in [4.69, 9.17) is 0 Å². The summed E-state index contributed by atoms with van der Waals surface area (Å²) < 4.78 is 0. The summed E-state index contributed by atoms with van der Waals surface area (Å²) in [5, 5.41) is 3.59. The Morgan fingerprint density at radius 3 is 2.89 bits per heavy atom. The zero-order valence-electron chi connectivity index (χ0n) is 11.5. The van der Waals surface area contributed by atoms with E-state index in [1.54, 1.807) is 0 Å². The molecule has 0 saturated heterocycles. The second-order valence-electron chi connectivity index (χ2n) is 6.03. The molecular formula is C16H24N2. The smallest absolute Gasteiger partial charge is 0.0352 e. The molecule has 0 aliphatic heterocycles. The molecule has 2 fully saturated rings. The van der Waals surface area contributed by atoms with Gasteiger partial charge in [-0.2, -0.15) is 0 Å². The molecule has 1 N–H and O–H groups in total. The van der Waals surface area contributed by atoms with E-state index in [0.717, 1.165) is 24.2 Å². The van der Waals surface area contributed by atoms with Crippen molar-refractivity contribution in [3.05, 3.63) is 29.6 Å². The Bertz CT molecular complexity index is 415. The minimum Gasteiger partial charge on any atom is -0.313 e. The van der Waals surface area contributed by atoms with Crippen molar-refractivity contribution in [2.75, 3.05) is 7.05 Å². The lowest BCUT2D eigenvalue weighted by atomic mass is 9.79. The molecule has 2 saturated carbocycles. The third kappa shape index (κ3) is 1.97. The van der Waals surface area contributed by atoms with E-state index in [1.807, 2.05) is 12.4 Å². The van der Waals surface area contributed by atoms with Crippen molar-refractivity contribution < 1.29 is 0 Å². The molecule has 0 aromatic carbocycles. The van der Waals surface area contributed by atoms with Crippen LogP contribution >= 0.6 is 0 Å². The number of pyridine rings is 1. The van der Waals surface area contributed by atoms with E-state index in [1.165, 1.54) is 36.8 Å². The average molecular weight is 244 g/mol. The van der Waals surface area contributed by atoms with Gasteiger partial charge in [0.2, 0.25) is 0 Å². The summed E-state index contributed by atoms with van der Waals surface area (Å²) in [7, 11) is 2.12. The quantitative estimate of drug-likeness (QED) is 0.878. The molecule has 0 amide bonds. The molecule has 1 aromatic rings. The Labute approximate surface area is 110 Å². The Kier molecular flexibility index (Phi) is 3.38. The molecule has 2 aliphatic rings. The molecule has 0 spiro atoms. The van der Waals surface area contributed by atoms with E-state index in [-0.39, 0.29) is 0 Å². The van der Waals surface area contributed by atoms with Crippen molar-refractivity contribution in [2.24, 2.45) is 17.8 Å². The van der Waals surface area contributed by atoms with Crippen LogP contribution in [-0.2, 0) is 6.42 Å². The van der Waals surface area contributed by atoms with Crippen LogP contribution in [0.3, 0.4) is 0 Å². The first-order valence-corrected chi connectivity index (χ1v) is 7.43. The number of aryl methyl sites for hydroxylation is 1. The lowest BCUT2D eigenvalue weighted by Crippen LogP contribution is -2.29. The molecule has 4 atom stereocenters. The highest BCUT2D eigenvalue weighted by Crippen LogP contribution is 2.52. The van der Waals surface area contributed by atoms with Crippen molar-refractivity contribution in [3.63, 3.8) is 0 Å². The average Bonchev–Trinajstić information content (AvgIpc) is 3.03. The number of hydrogen-bond acceptors (Lipinski definition) is 2. The van der Waals surface area contributed by atoms with Crippen LogP contribution in [0.5, 0.6) is 0 Å². The molecule has 1 heterocycles. The van der Waals surface area contributed by atoms with Gasteiger partial charge in [-0.05, 0) is 67.7 Å². The van der Waals surface area contributed by atoms with Crippen LogP contribution in [0.4, 0.5) is 0 Å². The maximum Gasteiger partial charge on any atom is 0.0352 e. The van der Waals surface area contributed by atoms with Crippen LogP contribution in [0.15, 0.2) is 18.5 Å². The van der Waals surface area contributed by atoms with Crippen molar-refractivity contribution in [1.82, 2.24) is 10.3 Å². The summed E-state index contributed by atoms with van der Waals surface area (Å²) in [4.78, 5) is 4.28. The SMILES string of the molecule is CCc1cnccc1C(NC)C1CC2CCC1C2. The number of rotatable bonds is 4. The summed E-state index contributed by atoms with van der Waals surface area (Å²) in [5.41, 5.74) is 2.91. The molecule has 18 heavy (non-hydrogen) atoms. The monoisotopic (exact) mass is 244 g/mol. The molecule has 1 aromatic heterocycles. The van der Waals surface area contributed by atoms with Crippen LogP contribution in [0.25, 0.3) is 0 Å². The summed E-state index contributed by atoms with van der Waals surface area (Å²) in [5.74, 6) is 2.83. The van der Waals surface area contributed by atoms with Crippen molar-refractivity contribution >= 4 is 0 Å². The number of nitrogens with zero attached hydrogens (tertiary/aromatic N) is 1. The molecule has 2 heteroatoms. The first-order valence-electron chi connectivity index (χ1n) is 7.43. The maximum atomic E-state index is 4.28. The number of aromatic nitrogens is 1. The summed E-state index contributed by atoms with van der Waals surface area (Å²) >= 11 is 0. The third-order valence-electron chi connectivity index (χ3n) is 5.19. The van der Waals surface area contributed by atoms with Gasteiger partial charge in [-0.25, -0.2) is 0 Å². The minimum atomic E-state index is 0.540. The lowest BCUT2D eigenvalue weighted by molar-refractivity contribution is 0.258. The van der Waals surface area contributed by atoms with Crippen molar-refractivity contribution in [3.8, 4) is 0 Å². The van der Waals surface area contributed by atoms with Gasteiger partial charge in [0, 0.05) is 18.4 Å². The standard InChI is InChI=1S/C16H24N2/c1-3-12-10-18-7-6-14(12)16(17-2)15-9-11-4-5-13(15)8-11/h6-7,10-11,13,15-17H,3-5,8-9H2,1-2H3. The van der Waals surface area contributed by atoms with Gasteiger partial charge in [0.1, 0.15) is 0 Å². The maximum absolute atomic E-state index is 4.28. The fourth-order valence-electron chi connectivity index (χ4n) is 4.34. The fraction of sp³-hybridized carbons (Fsp3) is 0.688. The van der Waals surface area contributed by atoms with E-state index in [2.05, 4.69) is 30.3 Å². The van der Waals surface area contributed by atoms with E-state index in [0.29, 0.717) is 6.04 Å². The Morgan fingerprint density at radius 2 is 2.28 bits per heavy atom. The Morgan fingerprint density at radius 1 is 1.39 bits per heavy atom. The molecule has 0 radical (unpaired) electrons. The van der Waals surface area contributed by atoms with Crippen LogP contribution in [0.1, 0.15) is 49.8 Å². The van der Waals surface area contributed by atoms with Gasteiger partial charge in [0.05, 0.1) is 0 Å². The summed E-state index contributed by atoms with van der Waals surface area (Å²) in [6, 6.07) is 2.77. The highest BCUT2D eigenvalue weighted by molar-refractivity contribution is 5.28. The van der Waals surface area contributed by atoms with Gasteiger partial charge in [0.15, 0.2) is 0 Å². The van der Waals surface area contributed by atoms with E-state index >= 15 is 0 Å². The predicted octanol–water partition coefficient (Wildman–Crippen LogP) is 3.34. The molecule has 4 unspecified atom stereocenters. The number of fused-ring (bicyclic) bond motifs is 2. The molecule has 2 bridgehead atoms. The zero-order valence-corrected chi connectivity index (χ0v) is 11.5. The van der Waals surface area contributed by atoms with Crippen LogP contribution in [0, 0.1) is 17.8 Å². The fourth-order valence-corrected chi connectivity index (χ4v) is 4.34. The van der Waals surface area contributed by atoms with Crippen molar-refractivity contribution in [1.29, 1.82) is 0 Å². The Hall–Kier alpha value is -0.890. The highest BCUT2D eigenvalue weighted by Gasteiger charge is 2.43. The van der Waals surface area contributed by atoms with Gasteiger partial charge in [-0.3, -0.25) is 4.98 Å². The normalized spacial score (nSPS) is 31.8. The van der Waals surface area contributed by atoms with Crippen LogP contribution in [-0.4, -0.2) is 12.0 Å². The number of nitrogens with one attached hydrogen (secondary N) is 1. The van der Waals surface area contributed by atoms with Crippen LogP contribution < -0.4 is 5.32 Å². The summed E-state index contributed by atoms with van der Waals surface area (Å²) in [6.45, 7) is 2.23. The zero-order chi connectivity index (χ0) is 12.5. The second kappa shape index (κ2) is 5.00. The predicted molar refractivity (Wildman–Crippen MR) is 74.4 cm³/mol. The first-order chi connectivity index (χ1) is 8.83. The first kappa shape index (κ1) is 12.2. The molecular weight excluding hydrogens is 220 g/mol. The van der Waals surface area contributed by atoms with Gasteiger partial charge in [-0.15, -0.1) is 0 Å². The van der Waals surface area contributed by atoms with Gasteiger partial charge in [-0.1, -0.05) is 13.3 Å². The van der Waals surface area contributed by atoms with E-state index < -0.39 is 0 Å². The largest absolute Gasteiger partial charge is 0.313 e. The lowest BCUT2D eigenvalue weighted by Gasteiger charge is -2.31. The Balaban J connectivity index is 1.88. The van der Waals surface area contributed by atoms with Gasteiger partial charge in [0.25, 0.3) is 0 Å². The molecule has 98 valence electrons. The van der Waals surface area contributed by atoms with Gasteiger partial charge >= 0.3 is 0 Å². The minimum absolute atomic E-state index is 0.540. The topological polar surface area (TPSA) is 24.9 Å². The highest BCUT2D eigenvalue weighted by atomic mass is 14.9. The van der Waals surface area contributed by atoms with Crippen LogP contribution in [0.2, 0.25) is 0 Å². The second-order valence-corrected chi connectivity index (χ2v) is 6.03. The molecule has 2 aliphatic carbocycles. The van der Waals surface area contributed by atoms with Gasteiger partial charge < -0.3 is 5.32 Å². The third-order valence-corrected chi connectivity index (χ3v) is 5.19. The summed E-state index contributed by atoms with van der Waals surface area (Å²) in [6.07, 6.45) is 10.9. The molecule has 3 rings (SSSR count). The van der Waals surface area contributed by atoms with Crippen molar-refractivity contribution in [2.45, 2.75) is 45.1 Å². The van der Waals surface area contributed by atoms with E-state index in [9.17, 15) is 0 Å².